The summed E-state index contributed by atoms with van der Waals surface area (Å²) in [7, 11) is 0. The van der Waals surface area contributed by atoms with Crippen molar-refractivity contribution in [2.24, 2.45) is 11.1 Å². The maximum atomic E-state index is 6.31. The number of rotatable bonds is 2. The van der Waals surface area contributed by atoms with Crippen molar-refractivity contribution in [2.75, 3.05) is 0 Å². The monoisotopic (exact) mass is 259 g/mol. The van der Waals surface area contributed by atoms with E-state index in [1.54, 1.807) is 6.33 Å². The molecule has 3 rings (SSSR count). The Labute approximate surface area is 113 Å². The number of nitrogens with zero attached hydrogens (tertiary/aromatic N) is 3. The highest BCUT2D eigenvalue weighted by atomic mass is 15.2. The first-order valence-corrected chi connectivity index (χ1v) is 6.78. The molecule has 0 spiro atoms. The normalized spacial score (nSPS) is 23.1. The second-order valence-corrected chi connectivity index (χ2v) is 6.32. The Hall–Kier alpha value is -1.62. The number of H-pyrrole nitrogens is 1. The van der Waals surface area contributed by atoms with Crippen LogP contribution >= 0.6 is 0 Å². The van der Waals surface area contributed by atoms with E-state index in [2.05, 4.69) is 52.8 Å². The minimum absolute atomic E-state index is 0.141. The van der Waals surface area contributed by atoms with Crippen LogP contribution in [0.5, 0.6) is 0 Å². The van der Waals surface area contributed by atoms with Crippen LogP contribution in [0, 0.1) is 5.41 Å². The van der Waals surface area contributed by atoms with Crippen molar-refractivity contribution in [2.45, 2.75) is 45.7 Å². The van der Waals surface area contributed by atoms with Gasteiger partial charge in [0.15, 0.2) is 0 Å². The van der Waals surface area contributed by atoms with E-state index in [0.29, 0.717) is 0 Å². The summed E-state index contributed by atoms with van der Waals surface area (Å²) in [6, 6.07) is 2.46. The molecule has 3 N–H and O–H groups in total. The van der Waals surface area contributed by atoms with Crippen molar-refractivity contribution in [1.82, 2.24) is 19.7 Å². The smallest absolute Gasteiger partial charge is 0.147 e. The maximum Gasteiger partial charge on any atom is 0.147 e. The van der Waals surface area contributed by atoms with Crippen LogP contribution in [0.15, 0.2) is 18.6 Å². The number of fused-ring (bicyclic) bond motifs is 1. The fourth-order valence-electron chi connectivity index (χ4n) is 3.17. The van der Waals surface area contributed by atoms with E-state index in [4.69, 9.17) is 5.73 Å². The molecule has 0 radical (unpaired) electrons. The molecule has 2 atom stereocenters. The summed E-state index contributed by atoms with van der Waals surface area (Å²) >= 11 is 0. The Balaban J connectivity index is 2.01. The fourth-order valence-corrected chi connectivity index (χ4v) is 3.17. The maximum absolute atomic E-state index is 6.31. The molecule has 0 saturated heterocycles. The van der Waals surface area contributed by atoms with Gasteiger partial charge in [0.25, 0.3) is 0 Å². The number of hydrogen-bond acceptors (Lipinski definition) is 3. The molecule has 0 amide bonds. The quantitative estimate of drug-likeness (QED) is 0.868. The zero-order valence-electron chi connectivity index (χ0n) is 11.7. The van der Waals surface area contributed by atoms with Crippen molar-refractivity contribution >= 4 is 0 Å². The number of nitrogens with one attached hydrogen (secondary N) is 1. The van der Waals surface area contributed by atoms with E-state index in [-0.39, 0.29) is 17.5 Å². The Morgan fingerprint density at radius 2 is 2.32 bits per heavy atom. The van der Waals surface area contributed by atoms with Gasteiger partial charge in [0, 0.05) is 17.9 Å². The van der Waals surface area contributed by atoms with Gasteiger partial charge in [0.1, 0.15) is 12.2 Å². The third-order valence-corrected chi connectivity index (χ3v) is 4.12. The molecule has 0 aromatic carbocycles. The highest BCUT2D eigenvalue weighted by Crippen LogP contribution is 2.41. The molecular weight excluding hydrogens is 238 g/mol. The van der Waals surface area contributed by atoms with E-state index < -0.39 is 0 Å². The van der Waals surface area contributed by atoms with Gasteiger partial charge in [0.05, 0.1) is 6.04 Å². The molecular formula is C14H21N5. The zero-order valence-corrected chi connectivity index (χ0v) is 11.7. The van der Waals surface area contributed by atoms with Crippen LogP contribution in [0.3, 0.4) is 0 Å². The van der Waals surface area contributed by atoms with Crippen LogP contribution < -0.4 is 5.73 Å². The standard InChI is InChI=1S/C14H21N5/c1-9(13-16-8-17-18-13)19-5-4-10-11(15)6-14(2,3)7-12(10)19/h4-5,8-9,11H,6-7,15H2,1-3H3,(H,16,17,18). The fraction of sp³-hybridized carbons (Fsp3) is 0.571. The molecule has 0 fully saturated rings. The molecule has 2 heterocycles. The van der Waals surface area contributed by atoms with Crippen LogP contribution in [0.25, 0.3) is 0 Å². The van der Waals surface area contributed by atoms with E-state index >= 15 is 0 Å². The minimum atomic E-state index is 0.141. The number of hydrogen-bond donors (Lipinski definition) is 2. The van der Waals surface area contributed by atoms with Crippen molar-refractivity contribution in [3.63, 3.8) is 0 Å². The van der Waals surface area contributed by atoms with Gasteiger partial charge in [0.2, 0.25) is 0 Å². The molecule has 2 aromatic rings. The summed E-state index contributed by atoms with van der Waals surface area (Å²) in [5.74, 6) is 0.885. The Kier molecular flexibility index (Phi) is 2.74. The summed E-state index contributed by atoms with van der Waals surface area (Å²) < 4.78 is 2.27. The van der Waals surface area contributed by atoms with Gasteiger partial charge in [-0.05, 0) is 36.8 Å². The average molecular weight is 259 g/mol. The lowest BCUT2D eigenvalue weighted by Gasteiger charge is -2.35. The van der Waals surface area contributed by atoms with Crippen LogP contribution in [0.2, 0.25) is 0 Å². The van der Waals surface area contributed by atoms with Crippen molar-refractivity contribution in [1.29, 1.82) is 0 Å². The van der Waals surface area contributed by atoms with E-state index in [0.717, 1.165) is 18.7 Å². The van der Waals surface area contributed by atoms with Crippen LogP contribution in [0.1, 0.15) is 56.4 Å². The van der Waals surface area contributed by atoms with Crippen LogP contribution in [-0.2, 0) is 6.42 Å². The number of aromatic amines is 1. The van der Waals surface area contributed by atoms with Crippen LogP contribution in [-0.4, -0.2) is 19.7 Å². The molecule has 0 bridgehead atoms. The molecule has 19 heavy (non-hydrogen) atoms. The minimum Gasteiger partial charge on any atom is -0.341 e. The molecule has 5 heteroatoms. The van der Waals surface area contributed by atoms with Crippen molar-refractivity contribution < 1.29 is 0 Å². The molecule has 5 nitrogen and oxygen atoms in total. The van der Waals surface area contributed by atoms with E-state index in [1.165, 1.54) is 11.3 Å². The highest BCUT2D eigenvalue weighted by molar-refractivity contribution is 5.31. The van der Waals surface area contributed by atoms with Gasteiger partial charge in [-0.15, -0.1) is 0 Å². The van der Waals surface area contributed by atoms with Gasteiger partial charge in [-0.25, -0.2) is 4.98 Å². The van der Waals surface area contributed by atoms with Gasteiger partial charge in [-0.2, -0.15) is 5.10 Å². The van der Waals surface area contributed by atoms with Gasteiger partial charge >= 0.3 is 0 Å². The predicted octanol–water partition coefficient (Wildman–Crippen LogP) is 2.19. The number of nitrogens with two attached hydrogens (primary N) is 1. The Morgan fingerprint density at radius 3 is 3.00 bits per heavy atom. The summed E-state index contributed by atoms with van der Waals surface area (Å²) in [5.41, 5.74) is 9.18. The van der Waals surface area contributed by atoms with E-state index in [9.17, 15) is 0 Å². The molecule has 2 unspecified atom stereocenters. The zero-order chi connectivity index (χ0) is 13.6. The van der Waals surface area contributed by atoms with Gasteiger partial charge in [-0.1, -0.05) is 13.8 Å². The topological polar surface area (TPSA) is 72.5 Å². The second kappa shape index (κ2) is 4.20. The third-order valence-electron chi connectivity index (χ3n) is 4.12. The predicted molar refractivity (Wildman–Crippen MR) is 73.7 cm³/mol. The largest absolute Gasteiger partial charge is 0.341 e. The first-order valence-electron chi connectivity index (χ1n) is 6.78. The lowest BCUT2D eigenvalue weighted by Crippen LogP contribution is -2.31. The molecule has 0 saturated carbocycles. The lowest BCUT2D eigenvalue weighted by molar-refractivity contribution is 0.273. The lowest BCUT2D eigenvalue weighted by atomic mass is 9.74. The SMILES string of the molecule is CC(c1ncn[nH]1)n1ccc2c1CC(C)(C)CC2N. The van der Waals surface area contributed by atoms with Gasteiger partial charge in [-0.3, -0.25) is 5.10 Å². The van der Waals surface area contributed by atoms with Gasteiger partial charge < -0.3 is 10.3 Å². The summed E-state index contributed by atoms with van der Waals surface area (Å²) in [6.45, 7) is 6.70. The molecule has 102 valence electrons. The summed E-state index contributed by atoms with van der Waals surface area (Å²) in [6.07, 6.45) is 5.78. The average Bonchev–Trinajstić information content (AvgIpc) is 2.94. The molecule has 1 aliphatic carbocycles. The summed E-state index contributed by atoms with van der Waals surface area (Å²) in [5, 5.41) is 6.89. The summed E-state index contributed by atoms with van der Waals surface area (Å²) in [4.78, 5) is 4.26. The van der Waals surface area contributed by atoms with Crippen molar-refractivity contribution in [3.8, 4) is 0 Å². The third kappa shape index (κ3) is 2.08. The number of aromatic nitrogens is 4. The van der Waals surface area contributed by atoms with Crippen LogP contribution in [0.4, 0.5) is 0 Å². The second-order valence-electron chi connectivity index (χ2n) is 6.32. The first kappa shape index (κ1) is 12.4. The van der Waals surface area contributed by atoms with E-state index in [1.807, 2.05) is 0 Å². The molecule has 1 aliphatic rings. The molecule has 0 aliphatic heterocycles. The van der Waals surface area contributed by atoms with Crippen molar-refractivity contribution in [3.05, 3.63) is 35.7 Å². The Morgan fingerprint density at radius 1 is 1.53 bits per heavy atom. The molecule has 2 aromatic heterocycles. The highest BCUT2D eigenvalue weighted by Gasteiger charge is 2.33. The first-order chi connectivity index (χ1) is 8.98. The Bertz CT molecular complexity index is 567.